The average Bonchev–Trinajstić information content (AvgIpc) is 2.49. The summed E-state index contributed by atoms with van der Waals surface area (Å²) in [4.78, 5) is 38.0. The van der Waals surface area contributed by atoms with Crippen molar-refractivity contribution in [2.24, 2.45) is 11.7 Å². The highest BCUT2D eigenvalue weighted by Crippen LogP contribution is 2.16. The third-order valence-corrected chi connectivity index (χ3v) is 3.30. The first-order chi connectivity index (χ1) is 9.63. The second-order valence-corrected chi connectivity index (χ2v) is 6.46. The number of nitrogens with zero attached hydrogens (tertiary/aromatic N) is 2. The lowest BCUT2D eigenvalue weighted by Gasteiger charge is -2.23. The molecule has 0 aromatic rings. The van der Waals surface area contributed by atoms with Gasteiger partial charge in [-0.15, -0.1) is 0 Å². The number of carbonyl (C=O) groups excluding carboxylic acids is 3. The SMILES string of the molecule is CC(C)CN(CCCN1C(=O)NC(C)(C)C1=O)CC(N)=O. The maximum absolute atomic E-state index is 12.0. The normalized spacial score (nSPS) is 17.7. The quantitative estimate of drug-likeness (QED) is 0.624. The van der Waals surface area contributed by atoms with Crippen LogP contribution in [-0.4, -0.2) is 59.4 Å². The van der Waals surface area contributed by atoms with E-state index in [4.69, 9.17) is 5.73 Å². The van der Waals surface area contributed by atoms with Gasteiger partial charge in [-0.1, -0.05) is 13.8 Å². The molecule has 1 heterocycles. The van der Waals surface area contributed by atoms with E-state index in [9.17, 15) is 14.4 Å². The third-order valence-electron chi connectivity index (χ3n) is 3.30. The zero-order valence-corrected chi connectivity index (χ0v) is 13.3. The Morgan fingerprint density at radius 3 is 2.43 bits per heavy atom. The Hall–Kier alpha value is -1.63. The highest BCUT2D eigenvalue weighted by atomic mass is 16.2. The van der Waals surface area contributed by atoms with E-state index in [0.717, 1.165) is 6.54 Å². The van der Waals surface area contributed by atoms with Gasteiger partial charge in [0.05, 0.1) is 6.54 Å². The molecule has 1 aliphatic rings. The van der Waals surface area contributed by atoms with Crippen LogP contribution >= 0.6 is 0 Å². The third kappa shape index (κ3) is 5.00. The highest BCUT2D eigenvalue weighted by Gasteiger charge is 2.43. The fourth-order valence-electron chi connectivity index (χ4n) is 2.45. The van der Waals surface area contributed by atoms with Gasteiger partial charge in [0.15, 0.2) is 0 Å². The fraction of sp³-hybridized carbons (Fsp3) is 0.786. The van der Waals surface area contributed by atoms with E-state index in [-0.39, 0.29) is 24.4 Å². The number of nitrogens with one attached hydrogen (secondary N) is 1. The minimum absolute atomic E-state index is 0.198. The molecule has 0 radical (unpaired) electrons. The number of urea groups is 1. The van der Waals surface area contributed by atoms with Crippen LogP contribution in [0, 0.1) is 5.92 Å². The molecule has 0 unspecified atom stereocenters. The first-order valence-corrected chi connectivity index (χ1v) is 7.28. The van der Waals surface area contributed by atoms with E-state index in [1.807, 2.05) is 4.90 Å². The van der Waals surface area contributed by atoms with E-state index >= 15 is 0 Å². The molecule has 21 heavy (non-hydrogen) atoms. The Labute approximate surface area is 125 Å². The summed E-state index contributed by atoms with van der Waals surface area (Å²) in [6, 6.07) is -0.352. The zero-order valence-electron chi connectivity index (χ0n) is 13.3. The van der Waals surface area contributed by atoms with Crippen molar-refractivity contribution in [1.29, 1.82) is 0 Å². The lowest BCUT2D eigenvalue weighted by atomic mass is 10.1. The molecule has 0 saturated carbocycles. The van der Waals surface area contributed by atoms with Crippen LogP contribution in [0.25, 0.3) is 0 Å². The Morgan fingerprint density at radius 1 is 1.38 bits per heavy atom. The summed E-state index contributed by atoms with van der Waals surface area (Å²) in [5.74, 6) is -0.162. The van der Waals surface area contributed by atoms with Crippen molar-refractivity contribution >= 4 is 17.8 Å². The van der Waals surface area contributed by atoms with Crippen LogP contribution in [-0.2, 0) is 9.59 Å². The number of hydrogen-bond donors (Lipinski definition) is 2. The van der Waals surface area contributed by atoms with Crippen molar-refractivity contribution in [2.45, 2.75) is 39.7 Å². The number of rotatable bonds is 8. The molecule has 0 aliphatic carbocycles. The smallest absolute Gasteiger partial charge is 0.325 e. The Bertz CT molecular complexity index is 420. The van der Waals surface area contributed by atoms with Gasteiger partial charge in [0, 0.05) is 19.6 Å². The van der Waals surface area contributed by atoms with E-state index in [0.29, 0.717) is 25.4 Å². The Balaban J connectivity index is 2.48. The highest BCUT2D eigenvalue weighted by molar-refractivity contribution is 6.06. The van der Waals surface area contributed by atoms with Crippen molar-refractivity contribution in [3.05, 3.63) is 0 Å². The summed E-state index contributed by atoms with van der Waals surface area (Å²) in [5, 5.41) is 2.65. The van der Waals surface area contributed by atoms with Gasteiger partial charge >= 0.3 is 6.03 Å². The zero-order chi connectivity index (χ0) is 16.2. The van der Waals surface area contributed by atoms with Crippen LogP contribution in [0.3, 0.4) is 0 Å². The van der Waals surface area contributed by atoms with Gasteiger partial charge in [-0.3, -0.25) is 19.4 Å². The second-order valence-electron chi connectivity index (χ2n) is 6.46. The van der Waals surface area contributed by atoms with Crippen molar-refractivity contribution in [1.82, 2.24) is 15.1 Å². The number of primary amides is 1. The molecule has 0 spiro atoms. The molecule has 0 aromatic heterocycles. The molecule has 3 N–H and O–H groups in total. The molecular weight excluding hydrogens is 272 g/mol. The molecule has 7 heteroatoms. The predicted molar refractivity (Wildman–Crippen MR) is 79.4 cm³/mol. The van der Waals surface area contributed by atoms with E-state index in [1.54, 1.807) is 13.8 Å². The van der Waals surface area contributed by atoms with Crippen molar-refractivity contribution < 1.29 is 14.4 Å². The average molecular weight is 298 g/mol. The largest absolute Gasteiger partial charge is 0.369 e. The van der Waals surface area contributed by atoms with E-state index < -0.39 is 5.54 Å². The monoisotopic (exact) mass is 298 g/mol. The number of amides is 4. The predicted octanol–water partition coefficient (Wildman–Crippen LogP) is 0.150. The molecule has 0 atom stereocenters. The topological polar surface area (TPSA) is 95.7 Å². The summed E-state index contributed by atoms with van der Waals surface area (Å²) in [6.07, 6.45) is 0.620. The molecule has 1 aliphatic heterocycles. The van der Waals surface area contributed by atoms with Crippen molar-refractivity contribution in [3.63, 3.8) is 0 Å². The lowest BCUT2D eigenvalue weighted by Crippen LogP contribution is -2.41. The summed E-state index contributed by atoms with van der Waals surface area (Å²) >= 11 is 0. The van der Waals surface area contributed by atoms with Crippen molar-refractivity contribution in [3.8, 4) is 0 Å². The van der Waals surface area contributed by atoms with Gasteiger partial charge < -0.3 is 11.1 Å². The molecule has 0 bridgehead atoms. The molecule has 7 nitrogen and oxygen atoms in total. The number of carbonyl (C=O) groups is 3. The molecule has 120 valence electrons. The fourth-order valence-corrected chi connectivity index (χ4v) is 2.45. The minimum atomic E-state index is -0.831. The molecule has 1 fully saturated rings. The summed E-state index contributed by atoms with van der Waals surface area (Å²) in [6.45, 7) is 9.43. The molecule has 1 saturated heterocycles. The number of imide groups is 1. The van der Waals surface area contributed by atoms with Crippen LogP contribution in [0.4, 0.5) is 4.79 Å². The number of nitrogens with two attached hydrogens (primary N) is 1. The molecular formula is C14H26N4O3. The van der Waals surface area contributed by atoms with Crippen LogP contribution in [0.1, 0.15) is 34.1 Å². The van der Waals surface area contributed by atoms with E-state index in [2.05, 4.69) is 19.2 Å². The summed E-state index contributed by atoms with van der Waals surface area (Å²) in [7, 11) is 0. The van der Waals surface area contributed by atoms with Gasteiger partial charge in [0.2, 0.25) is 5.91 Å². The second kappa shape index (κ2) is 6.89. The lowest BCUT2D eigenvalue weighted by molar-refractivity contribution is -0.130. The Morgan fingerprint density at radius 2 is 2.00 bits per heavy atom. The summed E-state index contributed by atoms with van der Waals surface area (Å²) < 4.78 is 0. The van der Waals surface area contributed by atoms with Crippen LogP contribution in [0.15, 0.2) is 0 Å². The Kier molecular flexibility index (Phi) is 5.71. The molecule has 4 amide bonds. The maximum atomic E-state index is 12.0. The maximum Gasteiger partial charge on any atom is 0.325 e. The van der Waals surface area contributed by atoms with Crippen LogP contribution < -0.4 is 11.1 Å². The minimum Gasteiger partial charge on any atom is -0.369 e. The molecule has 1 rings (SSSR count). The van der Waals surface area contributed by atoms with Crippen LogP contribution in [0.2, 0.25) is 0 Å². The van der Waals surface area contributed by atoms with Crippen molar-refractivity contribution in [2.75, 3.05) is 26.2 Å². The van der Waals surface area contributed by atoms with E-state index in [1.165, 1.54) is 4.90 Å². The van der Waals surface area contributed by atoms with Gasteiger partial charge in [-0.25, -0.2) is 4.79 Å². The standard InChI is InChI=1S/C14H26N4O3/c1-10(2)8-17(9-11(15)19)6-5-7-18-12(20)14(3,4)16-13(18)21/h10H,5-9H2,1-4H3,(H2,15,19)(H,16,21). The first kappa shape index (κ1) is 17.4. The summed E-state index contributed by atoms with van der Waals surface area (Å²) in [5.41, 5.74) is 4.40. The van der Waals surface area contributed by atoms with Gasteiger partial charge in [-0.05, 0) is 26.2 Å². The number of hydrogen-bond acceptors (Lipinski definition) is 4. The van der Waals surface area contributed by atoms with Crippen LogP contribution in [0.5, 0.6) is 0 Å². The van der Waals surface area contributed by atoms with Gasteiger partial charge in [0.1, 0.15) is 5.54 Å². The molecule has 0 aromatic carbocycles. The van der Waals surface area contributed by atoms with Gasteiger partial charge in [-0.2, -0.15) is 0 Å². The first-order valence-electron chi connectivity index (χ1n) is 7.28. The van der Waals surface area contributed by atoms with Gasteiger partial charge in [0.25, 0.3) is 5.91 Å².